The van der Waals surface area contributed by atoms with Crippen LogP contribution in [0.4, 0.5) is 5.69 Å². The van der Waals surface area contributed by atoms with E-state index >= 15 is 0 Å². The number of hydrogen-bond acceptors (Lipinski definition) is 4. The van der Waals surface area contributed by atoms with Crippen LogP contribution in [0.1, 0.15) is 18.4 Å². The van der Waals surface area contributed by atoms with Crippen LogP contribution in [0, 0.1) is 6.92 Å². The van der Waals surface area contributed by atoms with E-state index < -0.39 is 0 Å². The first-order chi connectivity index (χ1) is 6.75. The van der Waals surface area contributed by atoms with Gasteiger partial charge in [-0.1, -0.05) is 0 Å². The molecule has 1 aliphatic rings. The van der Waals surface area contributed by atoms with Gasteiger partial charge >= 0.3 is 0 Å². The number of nitrogens with two attached hydrogens (primary N) is 1. The highest BCUT2D eigenvalue weighted by Crippen LogP contribution is 2.21. The molecular formula is C10H14N2O2. The first-order valence-corrected chi connectivity index (χ1v) is 4.76. The fraction of sp³-hybridized carbons (Fsp3) is 0.500. The first-order valence-electron chi connectivity index (χ1n) is 4.76. The van der Waals surface area contributed by atoms with Gasteiger partial charge in [0.05, 0.1) is 18.5 Å². The second kappa shape index (κ2) is 3.84. The van der Waals surface area contributed by atoms with Crippen molar-refractivity contribution in [2.24, 2.45) is 0 Å². The van der Waals surface area contributed by atoms with Gasteiger partial charge in [-0.05, 0) is 19.4 Å². The standard InChI is InChI=1S/C10H14N2O2/c1-7-5-8(11)6-12-10(7)14-9-3-2-4-13-9/h5-6,9H,2-4,11H2,1H3. The number of aromatic nitrogens is 1. The van der Waals surface area contributed by atoms with Crippen LogP contribution in [0.3, 0.4) is 0 Å². The maximum Gasteiger partial charge on any atom is 0.218 e. The Morgan fingerprint density at radius 3 is 3.14 bits per heavy atom. The quantitative estimate of drug-likeness (QED) is 0.774. The second-order valence-electron chi connectivity index (χ2n) is 3.45. The van der Waals surface area contributed by atoms with Gasteiger partial charge in [0.15, 0.2) is 0 Å². The van der Waals surface area contributed by atoms with E-state index in [0.29, 0.717) is 11.6 Å². The van der Waals surface area contributed by atoms with Crippen LogP contribution >= 0.6 is 0 Å². The summed E-state index contributed by atoms with van der Waals surface area (Å²) in [5.41, 5.74) is 7.19. The molecule has 0 aromatic carbocycles. The third kappa shape index (κ3) is 1.96. The van der Waals surface area contributed by atoms with Crippen LogP contribution in [-0.4, -0.2) is 17.9 Å². The molecule has 1 unspecified atom stereocenters. The lowest BCUT2D eigenvalue weighted by molar-refractivity contribution is -0.0421. The van der Waals surface area contributed by atoms with Crippen molar-refractivity contribution in [1.29, 1.82) is 0 Å². The second-order valence-corrected chi connectivity index (χ2v) is 3.45. The Bertz CT molecular complexity index is 322. The number of pyridine rings is 1. The Morgan fingerprint density at radius 1 is 1.64 bits per heavy atom. The highest BCUT2D eigenvalue weighted by atomic mass is 16.7. The summed E-state index contributed by atoms with van der Waals surface area (Å²) < 4.78 is 10.9. The Kier molecular flexibility index (Phi) is 2.54. The molecule has 1 atom stereocenters. The van der Waals surface area contributed by atoms with Crippen molar-refractivity contribution in [3.05, 3.63) is 17.8 Å². The van der Waals surface area contributed by atoms with Gasteiger partial charge in [0.2, 0.25) is 12.2 Å². The van der Waals surface area contributed by atoms with Gasteiger partial charge in [-0.25, -0.2) is 4.98 Å². The lowest BCUT2D eigenvalue weighted by Crippen LogP contribution is -2.15. The monoisotopic (exact) mass is 194 g/mol. The van der Waals surface area contributed by atoms with Crippen molar-refractivity contribution in [3.63, 3.8) is 0 Å². The molecule has 0 bridgehead atoms. The predicted molar refractivity (Wildman–Crippen MR) is 53.0 cm³/mol. The van der Waals surface area contributed by atoms with Crippen molar-refractivity contribution in [3.8, 4) is 5.88 Å². The topological polar surface area (TPSA) is 57.4 Å². The minimum absolute atomic E-state index is 0.134. The molecule has 0 aliphatic carbocycles. The van der Waals surface area contributed by atoms with Crippen LogP contribution in [0.25, 0.3) is 0 Å². The Balaban J connectivity index is 2.08. The number of hydrogen-bond donors (Lipinski definition) is 1. The van der Waals surface area contributed by atoms with Gasteiger partial charge in [0, 0.05) is 12.0 Å². The fourth-order valence-electron chi connectivity index (χ4n) is 1.47. The molecule has 0 saturated carbocycles. The van der Waals surface area contributed by atoms with Crippen LogP contribution in [-0.2, 0) is 4.74 Å². The zero-order chi connectivity index (χ0) is 9.97. The van der Waals surface area contributed by atoms with Crippen LogP contribution < -0.4 is 10.5 Å². The van der Waals surface area contributed by atoms with E-state index in [1.807, 2.05) is 13.0 Å². The van der Waals surface area contributed by atoms with Gasteiger partial charge in [-0.3, -0.25) is 0 Å². The van der Waals surface area contributed by atoms with Gasteiger partial charge in [0.25, 0.3) is 0 Å². The zero-order valence-corrected chi connectivity index (χ0v) is 8.19. The molecule has 1 aliphatic heterocycles. The smallest absolute Gasteiger partial charge is 0.218 e. The maximum absolute atomic E-state index is 5.59. The summed E-state index contributed by atoms with van der Waals surface area (Å²) in [7, 11) is 0. The number of aryl methyl sites for hydroxylation is 1. The lowest BCUT2D eigenvalue weighted by Gasteiger charge is -2.13. The molecule has 1 aromatic heterocycles. The molecule has 0 radical (unpaired) electrons. The van der Waals surface area contributed by atoms with Crippen LogP contribution in [0.5, 0.6) is 5.88 Å². The zero-order valence-electron chi connectivity index (χ0n) is 8.19. The average Bonchev–Trinajstić information content (AvgIpc) is 2.62. The summed E-state index contributed by atoms with van der Waals surface area (Å²) in [5.74, 6) is 0.617. The van der Waals surface area contributed by atoms with Crippen molar-refractivity contribution in [2.75, 3.05) is 12.3 Å². The summed E-state index contributed by atoms with van der Waals surface area (Å²) in [6, 6.07) is 1.84. The van der Waals surface area contributed by atoms with E-state index in [-0.39, 0.29) is 6.29 Å². The van der Waals surface area contributed by atoms with E-state index in [0.717, 1.165) is 25.0 Å². The van der Waals surface area contributed by atoms with E-state index in [1.54, 1.807) is 6.20 Å². The summed E-state index contributed by atoms with van der Waals surface area (Å²) in [6.07, 6.45) is 3.45. The van der Waals surface area contributed by atoms with Gasteiger partial charge in [0.1, 0.15) is 0 Å². The van der Waals surface area contributed by atoms with E-state index in [4.69, 9.17) is 15.2 Å². The summed E-state index contributed by atoms with van der Waals surface area (Å²) in [5, 5.41) is 0. The van der Waals surface area contributed by atoms with E-state index in [2.05, 4.69) is 4.98 Å². The minimum Gasteiger partial charge on any atom is -0.448 e. The molecule has 1 fully saturated rings. The van der Waals surface area contributed by atoms with Gasteiger partial charge < -0.3 is 15.2 Å². The number of rotatable bonds is 2. The third-order valence-corrected chi connectivity index (χ3v) is 2.18. The minimum atomic E-state index is -0.134. The SMILES string of the molecule is Cc1cc(N)cnc1OC1CCCO1. The Morgan fingerprint density at radius 2 is 2.50 bits per heavy atom. The number of ether oxygens (including phenoxy) is 2. The Labute approximate surface area is 83.0 Å². The number of nitrogens with zero attached hydrogens (tertiary/aromatic N) is 1. The van der Waals surface area contributed by atoms with Crippen molar-refractivity contribution in [2.45, 2.75) is 26.1 Å². The normalized spacial score (nSPS) is 21.1. The highest BCUT2D eigenvalue weighted by Gasteiger charge is 2.18. The molecule has 0 spiro atoms. The molecule has 1 aromatic rings. The molecule has 0 amide bonds. The highest BCUT2D eigenvalue weighted by molar-refractivity contribution is 5.41. The predicted octanol–water partition coefficient (Wildman–Crippen LogP) is 1.49. The van der Waals surface area contributed by atoms with Crippen molar-refractivity contribution in [1.82, 2.24) is 4.98 Å². The van der Waals surface area contributed by atoms with Crippen molar-refractivity contribution < 1.29 is 9.47 Å². The molecular weight excluding hydrogens is 180 g/mol. The van der Waals surface area contributed by atoms with E-state index in [1.165, 1.54) is 0 Å². The summed E-state index contributed by atoms with van der Waals surface area (Å²) >= 11 is 0. The first kappa shape index (κ1) is 9.27. The molecule has 2 N–H and O–H groups in total. The summed E-state index contributed by atoms with van der Waals surface area (Å²) in [6.45, 7) is 2.70. The molecule has 76 valence electrons. The molecule has 14 heavy (non-hydrogen) atoms. The van der Waals surface area contributed by atoms with Crippen LogP contribution in [0.2, 0.25) is 0 Å². The molecule has 2 heterocycles. The third-order valence-electron chi connectivity index (χ3n) is 2.18. The number of nitrogen functional groups attached to an aromatic ring is 1. The lowest BCUT2D eigenvalue weighted by atomic mass is 10.3. The van der Waals surface area contributed by atoms with Crippen LogP contribution in [0.15, 0.2) is 12.3 Å². The molecule has 4 heteroatoms. The van der Waals surface area contributed by atoms with Crippen molar-refractivity contribution >= 4 is 5.69 Å². The number of anilines is 1. The largest absolute Gasteiger partial charge is 0.448 e. The molecule has 2 rings (SSSR count). The molecule has 4 nitrogen and oxygen atoms in total. The van der Waals surface area contributed by atoms with E-state index in [9.17, 15) is 0 Å². The fourth-order valence-corrected chi connectivity index (χ4v) is 1.47. The van der Waals surface area contributed by atoms with Gasteiger partial charge in [-0.15, -0.1) is 0 Å². The maximum atomic E-state index is 5.59. The Hall–Kier alpha value is -1.29. The molecule has 1 saturated heterocycles. The van der Waals surface area contributed by atoms with Gasteiger partial charge in [-0.2, -0.15) is 0 Å². The average molecular weight is 194 g/mol. The summed E-state index contributed by atoms with van der Waals surface area (Å²) in [4.78, 5) is 4.11.